The van der Waals surface area contributed by atoms with Crippen molar-refractivity contribution in [3.05, 3.63) is 11.7 Å². The average molecular weight is 211 g/mol. The Morgan fingerprint density at radius 3 is 2.87 bits per heavy atom. The summed E-state index contributed by atoms with van der Waals surface area (Å²) in [6.07, 6.45) is 4.31. The monoisotopic (exact) mass is 211 g/mol. The van der Waals surface area contributed by atoms with Crippen LogP contribution < -0.4 is 5.32 Å². The van der Waals surface area contributed by atoms with Crippen LogP contribution in [0.2, 0.25) is 0 Å². The van der Waals surface area contributed by atoms with Crippen LogP contribution in [0.5, 0.6) is 0 Å². The molecule has 1 rings (SSSR count). The van der Waals surface area contributed by atoms with E-state index in [4.69, 9.17) is 4.52 Å². The van der Waals surface area contributed by atoms with Crippen LogP contribution in [-0.2, 0) is 13.0 Å². The van der Waals surface area contributed by atoms with Gasteiger partial charge >= 0.3 is 0 Å². The van der Waals surface area contributed by atoms with Gasteiger partial charge in [0.1, 0.15) is 0 Å². The molecule has 0 amide bonds. The summed E-state index contributed by atoms with van der Waals surface area (Å²) < 4.78 is 5.13. The summed E-state index contributed by atoms with van der Waals surface area (Å²) in [6.45, 7) is 7.13. The Labute approximate surface area is 91.5 Å². The Bertz CT molecular complexity index is 273. The van der Waals surface area contributed by atoms with Crippen molar-refractivity contribution in [2.24, 2.45) is 0 Å². The Morgan fingerprint density at radius 2 is 2.20 bits per heavy atom. The first kappa shape index (κ1) is 12.2. The molecule has 15 heavy (non-hydrogen) atoms. The molecule has 86 valence electrons. The van der Waals surface area contributed by atoms with E-state index in [0.717, 1.165) is 31.5 Å². The van der Waals surface area contributed by atoms with Gasteiger partial charge in [-0.25, -0.2) is 0 Å². The van der Waals surface area contributed by atoms with Gasteiger partial charge in [-0.3, -0.25) is 0 Å². The summed E-state index contributed by atoms with van der Waals surface area (Å²) in [5.74, 6) is 1.53. The third-order valence-corrected chi connectivity index (χ3v) is 2.48. The Kier molecular flexibility index (Phi) is 5.32. The first-order valence-corrected chi connectivity index (χ1v) is 5.81. The zero-order valence-electron chi connectivity index (χ0n) is 9.92. The minimum atomic E-state index is 0.496. The van der Waals surface area contributed by atoms with E-state index in [2.05, 4.69) is 36.2 Å². The van der Waals surface area contributed by atoms with Crippen molar-refractivity contribution in [1.29, 1.82) is 0 Å². The molecule has 4 heteroatoms. The molecule has 1 aromatic heterocycles. The lowest BCUT2D eigenvalue weighted by atomic mass is 10.2. The van der Waals surface area contributed by atoms with Crippen molar-refractivity contribution in [1.82, 2.24) is 15.5 Å². The van der Waals surface area contributed by atoms with E-state index >= 15 is 0 Å². The quantitative estimate of drug-likeness (QED) is 0.752. The van der Waals surface area contributed by atoms with Gasteiger partial charge in [0.25, 0.3) is 0 Å². The summed E-state index contributed by atoms with van der Waals surface area (Å²) in [6, 6.07) is 0.496. The van der Waals surface area contributed by atoms with Crippen LogP contribution in [0.3, 0.4) is 0 Å². The SMILES string of the molecule is CCCCc1noc(CNC(C)CC)n1. The molecule has 0 aliphatic rings. The van der Waals surface area contributed by atoms with E-state index in [0.29, 0.717) is 18.5 Å². The maximum atomic E-state index is 5.13. The standard InChI is InChI=1S/C11H21N3O/c1-4-6-7-10-13-11(15-14-10)8-12-9(3)5-2/h9,12H,4-8H2,1-3H3. The van der Waals surface area contributed by atoms with Gasteiger partial charge in [0, 0.05) is 12.5 Å². The van der Waals surface area contributed by atoms with Crippen LogP contribution >= 0.6 is 0 Å². The maximum Gasteiger partial charge on any atom is 0.240 e. The van der Waals surface area contributed by atoms with Crippen LogP contribution in [0, 0.1) is 0 Å². The second-order valence-electron chi connectivity index (χ2n) is 3.90. The molecule has 4 nitrogen and oxygen atoms in total. The van der Waals surface area contributed by atoms with Crippen molar-refractivity contribution in [3.63, 3.8) is 0 Å². The Balaban J connectivity index is 2.32. The fourth-order valence-electron chi connectivity index (χ4n) is 1.20. The van der Waals surface area contributed by atoms with Crippen LogP contribution in [0.1, 0.15) is 51.7 Å². The molecule has 1 aromatic rings. The molecule has 1 N–H and O–H groups in total. The Hall–Kier alpha value is -0.900. The highest BCUT2D eigenvalue weighted by Crippen LogP contribution is 2.02. The first-order valence-electron chi connectivity index (χ1n) is 5.81. The van der Waals surface area contributed by atoms with E-state index in [9.17, 15) is 0 Å². The second-order valence-corrected chi connectivity index (χ2v) is 3.90. The lowest BCUT2D eigenvalue weighted by Gasteiger charge is -2.07. The predicted octanol–water partition coefficient (Wildman–Crippen LogP) is 2.30. The van der Waals surface area contributed by atoms with E-state index in [-0.39, 0.29) is 0 Å². The molecule has 0 fully saturated rings. The van der Waals surface area contributed by atoms with E-state index in [1.807, 2.05) is 0 Å². The molecule has 0 aliphatic heterocycles. The van der Waals surface area contributed by atoms with Crippen LogP contribution in [0.25, 0.3) is 0 Å². The van der Waals surface area contributed by atoms with Crippen molar-refractivity contribution in [2.75, 3.05) is 0 Å². The fraction of sp³-hybridized carbons (Fsp3) is 0.818. The van der Waals surface area contributed by atoms with Gasteiger partial charge in [-0.2, -0.15) is 4.98 Å². The highest BCUT2D eigenvalue weighted by Gasteiger charge is 2.06. The summed E-state index contributed by atoms with van der Waals surface area (Å²) in [7, 11) is 0. The van der Waals surface area contributed by atoms with Crippen molar-refractivity contribution >= 4 is 0 Å². The minimum Gasteiger partial charge on any atom is -0.338 e. The molecule has 1 heterocycles. The zero-order chi connectivity index (χ0) is 11.1. The summed E-state index contributed by atoms with van der Waals surface area (Å²) in [5, 5.41) is 7.25. The van der Waals surface area contributed by atoms with E-state index in [1.165, 1.54) is 0 Å². The predicted molar refractivity (Wildman–Crippen MR) is 59.5 cm³/mol. The highest BCUT2D eigenvalue weighted by atomic mass is 16.5. The molecule has 0 saturated carbocycles. The third kappa shape index (κ3) is 4.42. The van der Waals surface area contributed by atoms with Crippen LogP contribution in [0.15, 0.2) is 4.52 Å². The number of aryl methyl sites for hydroxylation is 1. The first-order chi connectivity index (χ1) is 7.26. The topological polar surface area (TPSA) is 51.0 Å². The van der Waals surface area contributed by atoms with Gasteiger partial charge in [0.15, 0.2) is 5.82 Å². The number of nitrogens with zero attached hydrogens (tertiary/aromatic N) is 2. The zero-order valence-corrected chi connectivity index (χ0v) is 9.92. The normalized spacial score (nSPS) is 13.0. The van der Waals surface area contributed by atoms with Crippen molar-refractivity contribution in [3.8, 4) is 0 Å². The number of hydrogen-bond acceptors (Lipinski definition) is 4. The number of nitrogens with one attached hydrogen (secondary N) is 1. The lowest BCUT2D eigenvalue weighted by Crippen LogP contribution is -2.24. The molecule has 0 aliphatic carbocycles. The number of hydrogen-bond donors (Lipinski definition) is 1. The van der Waals surface area contributed by atoms with Gasteiger partial charge in [-0.1, -0.05) is 25.4 Å². The van der Waals surface area contributed by atoms with E-state index < -0.39 is 0 Å². The summed E-state index contributed by atoms with van der Waals surface area (Å²) in [5.41, 5.74) is 0. The Morgan fingerprint density at radius 1 is 1.40 bits per heavy atom. The number of unbranched alkanes of at least 4 members (excludes halogenated alkanes) is 1. The minimum absolute atomic E-state index is 0.496. The van der Waals surface area contributed by atoms with Gasteiger partial charge < -0.3 is 9.84 Å². The van der Waals surface area contributed by atoms with Crippen molar-refractivity contribution in [2.45, 2.75) is 59.0 Å². The van der Waals surface area contributed by atoms with Crippen LogP contribution in [0.4, 0.5) is 0 Å². The second kappa shape index (κ2) is 6.56. The lowest BCUT2D eigenvalue weighted by molar-refractivity contribution is 0.354. The molecule has 1 atom stereocenters. The molecule has 0 radical (unpaired) electrons. The smallest absolute Gasteiger partial charge is 0.240 e. The van der Waals surface area contributed by atoms with Crippen molar-refractivity contribution < 1.29 is 4.52 Å². The molecular weight excluding hydrogens is 190 g/mol. The van der Waals surface area contributed by atoms with Crippen LogP contribution in [-0.4, -0.2) is 16.2 Å². The molecule has 0 bridgehead atoms. The number of aromatic nitrogens is 2. The molecule has 0 spiro atoms. The maximum absolute atomic E-state index is 5.13. The third-order valence-electron chi connectivity index (χ3n) is 2.48. The average Bonchev–Trinajstić information content (AvgIpc) is 2.71. The van der Waals surface area contributed by atoms with Gasteiger partial charge in [-0.05, 0) is 19.8 Å². The molecule has 0 saturated heterocycles. The number of rotatable bonds is 7. The summed E-state index contributed by atoms with van der Waals surface area (Å²) in [4.78, 5) is 4.31. The molecule has 1 unspecified atom stereocenters. The largest absolute Gasteiger partial charge is 0.338 e. The van der Waals surface area contributed by atoms with Gasteiger partial charge in [0.05, 0.1) is 6.54 Å². The van der Waals surface area contributed by atoms with E-state index in [1.54, 1.807) is 0 Å². The van der Waals surface area contributed by atoms with Gasteiger partial charge in [-0.15, -0.1) is 0 Å². The molecule has 0 aromatic carbocycles. The fourth-order valence-corrected chi connectivity index (χ4v) is 1.20. The molecular formula is C11H21N3O. The highest BCUT2D eigenvalue weighted by molar-refractivity contribution is 4.86. The summed E-state index contributed by atoms with van der Waals surface area (Å²) >= 11 is 0. The van der Waals surface area contributed by atoms with Gasteiger partial charge in [0.2, 0.25) is 5.89 Å².